The molecule has 6 aromatic rings. The number of fused-ring (bicyclic) bond motifs is 2. The number of rotatable bonds is 6. The minimum absolute atomic E-state index is 0.204. The van der Waals surface area contributed by atoms with Gasteiger partial charge >= 0.3 is 0 Å². The molecular weight excluding hydrogens is 572 g/mol. The van der Waals surface area contributed by atoms with E-state index in [2.05, 4.69) is 26.5 Å². The molecule has 0 atom stereocenters. The number of hydrogen-bond donors (Lipinski definition) is 3. The van der Waals surface area contributed by atoms with E-state index in [4.69, 9.17) is 11.5 Å². The molecule has 10 heteroatoms. The van der Waals surface area contributed by atoms with Gasteiger partial charge in [0.1, 0.15) is 11.4 Å². The van der Waals surface area contributed by atoms with E-state index in [0.717, 1.165) is 38.7 Å². The summed E-state index contributed by atoms with van der Waals surface area (Å²) in [4.78, 5) is -0.204. The molecule has 218 valence electrons. The number of hydrogen-bond acceptors (Lipinski definition) is 8. The van der Waals surface area contributed by atoms with Crippen molar-refractivity contribution in [2.75, 3.05) is 11.5 Å². The van der Waals surface area contributed by atoms with E-state index in [9.17, 15) is 13.0 Å². The molecule has 44 heavy (non-hydrogen) atoms. The first kappa shape index (κ1) is 28.7. The summed E-state index contributed by atoms with van der Waals surface area (Å²) in [5.41, 5.74) is 19.8. The Hall–Kier alpha value is -5.45. The number of nitrogens with zero attached hydrogens (tertiary/aromatic N) is 4. The average molecular weight is 601 g/mol. The van der Waals surface area contributed by atoms with E-state index >= 15 is 0 Å². The Kier molecular flexibility index (Phi) is 7.38. The molecule has 0 radical (unpaired) electrons. The van der Waals surface area contributed by atoms with Gasteiger partial charge in [-0.25, -0.2) is 0 Å². The number of azo groups is 2. The highest BCUT2D eigenvalue weighted by Crippen LogP contribution is 2.37. The van der Waals surface area contributed by atoms with Crippen molar-refractivity contribution in [3.63, 3.8) is 0 Å². The third-order valence-corrected chi connectivity index (χ3v) is 8.32. The first-order chi connectivity index (χ1) is 21.1. The summed E-state index contributed by atoms with van der Waals surface area (Å²) in [6, 6.07) is 31.2. The number of anilines is 2. The molecule has 0 aliphatic rings. The second-order valence-corrected chi connectivity index (χ2v) is 11.9. The maximum atomic E-state index is 11.6. The molecule has 0 spiro atoms. The first-order valence-electron chi connectivity index (χ1n) is 13.7. The van der Waals surface area contributed by atoms with Crippen LogP contribution in [0, 0.1) is 13.8 Å². The van der Waals surface area contributed by atoms with Crippen molar-refractivity contribution in [3.05, 3.63) is 114 Å². The Bertz CT molecular complexity index is 2260. The fraction of sp³-hybridized carbons (Fsp3) is 0.0588. The van der Waals surface area contributed by atoms with Crippen molar-refractivity contribution >= 4 is 65.8 Å². The Labute approximate surface area is 254 Å². The van der Waals surface area contributed by atoms with Gasteiger partial charge < -0.3 is 11.5 Å². The molecule has 5 N–H and O–H groups in total. The van der Waals surface area contributed by atoms with Crippen LogP contribution in [0.2, 0.25) is 0 Å². The van der Waals surface area contributed by atoms with Gasteiger partial charge in [0.15, 0.2) is 0 Å². The molecule has 0 saturated heterocycles. The molecule has 9 nitrogen and oxygen atoms in total. The van der Waals surface area contributed by atoms with Gasteiger partial charge in [-0.05, 0) is 95.4 Å². The monoisotopic (exact) mass is 600 g/mol. The summed E-state index contributed by atoms with van der Waals surface area (Å²) >= 11 is 0. The topological polar surface area (TPSA) is 156 Å². The maximum Gasteiger partial charge on any atom is 0.294 e. The lowest BCUT2D eigenvalue weighted by Crippen LogP contribution is -1.97. The average Bonchev–Trinajstić information content (AvgIpc) is 3.00. The van der Waals surface area contributed by atoms with Crippen LogP contribution in [0.3, 0.4) is 0 Å². The lowest BCUT2D eigenvalue weighted by atomic mass is 10.0. The molecule has 0 amide bonds. The van der Waals surface area contributed by atoms with Crippen LogP contribution < -0.4 is 11.5 Å². The van der Waals surface area contributed by atoms with Gasteiger partial charge in [0.2, 0.25) is 0 Å². The van der Waals surface area contributed by atoms with Gasteiger partial charge in [0.25, 0.3) is 10.1 Å². The first-order valence-corrected chi connectivity index (χ1v) is 15.1. The highest BCUT2D eigenvalue weighted by Gasteiger charge is 2.13. The normalized spacial score (nSPS) is 12.2. The van der Waals surface area contributed by atoms with Gasteiger partial charge in [0.05, 0.1) is 27.6 Å². The van der Waals surface area contributed by atoms with Crippen LogP contribution in [0.4, 0.5) is 34.1 Å². The zero-order chi connectivity index (χ0) is 31.0. The van der Waals surface area contributed by atoms with Crippen LogP contribution in [0.5, 0.6) is 0 Å². The van der Waals surface area contributed by atoms with E-state index in [1.807, 2.05) is 80.6 Å². The highest BCUT2D eigenvalue weighted by atomic mass is 32.2. The van der Waals surface area contributed by atoms with Gasteiger partial charge in [-0.2, -0.15) is 18.6 Å². The Morgan fingerprint density at radius 3 is 1.64 bits per heavy atom. The zero-order valence-corrected chi connectivity index (χ0v) is 24.7. The smallest absolute Gasteiger partial charge is 0.294 e. The molecule has 0 aliphatic carbocycles. The molecule has 0 heterocycles. The summed E-state index contributed by atoms with van der Waals surface area (Å²) in [7, 11) is -4.33. The van der Waals surface area contributed by atoms with Gasteiger partial charge in [-0.3, -0.25) is 4.55 Å². The van der Waals surface area contributed by atoms with Crippen molar-refractivity contribution < 1.29 is 13.0 Å². The second kappa shape index (κ2) is 11.3. The quantitative estimate of drug-likeness (QED) is 0.0985. The van der Waals surface area contributed by atoms with Gasteiger partial charge in [-0.15, -0.1) is 10.2 Å². The molecule has 0 bridgehead atoms. The molecule has 0 unspecified atom stereocenters. The maximum absolute atomic E-state index is 11.6. The number of aryl methyl sites for hydroxylation is 2. The molecular formula is C34H28N6O3S. The predicted octanol–water partition coefficient (Wildman–Crippen LogP) is 9.52. The van der Waals surface area contributed by atoms with Crippen LogP contribution in [0.15, 0.2) is 128 Å². The molecule has 0 aromatic heterocycles. The molecule has 6 aromatic carbocycles. The Balaban J connectivity index is 1.26. The van der Waals surface area contributed by atoms with Crippen molar-refractivity contribution in [3.8, 4) is 11.1 Å². The number of nitrogens with two attached hydrogens (primary N) is 2. The fourth-order valence-electron chi connectivity index (χ4n) is 5.07. The van der Waals surface area contributed by atoms with Crippen molar-refractivity contribution in [1.29, 1.82) is 0 Å². The summed E-state index contributed by atoms with van der Waals surface area (Å²) in [5.74, 6) is 0. The molecule has 6 rings (SSSR count). The van der Waals surface area contributed by atoms with Crippen molar-refractivity contribution in [1.82, 2.24) is 0 Å². The third kappa shape index (κ3) is 5.63. The van der Waals surface area contributed by atoms with Crippen molar-refractivity contribution in [2.24, 2.45) is 20.5 Å². The zero-order valence-electron chi connectivity index (χ0n) is 23.9. The SMILES string of the molecule is Cc1cc(-c2ccc(N=Nc3c(N)ccc4cc(S(=O)(=O)O)ccc34)c(C)c2)ccc1N=Nc1c(N)ccc2ccccc12. The summed E-state index contributed by atoms with van der Waals surface area (Å²) in [6.45, 7) is 3.94. The fourth-order valence-corrected chi connectivity index (χ4v) is 5.58. The van der Waals surface area contributed by atoms with Crippen LogP contribution in [-0.4, -0.2) is 13.0 Å². The highest BCUT2D eigenvalue weighted by molar-refractivity contribution is 7.85. The lowest BCUT2D eigenvalue weighted by Gasteiger charge is -2.09. The van der Waals surface area contributed by atoms with E-state index in [1.165, 1.54) is 12.1 Å². The van der Waals surface area contributed by atoms with Gasteiger partial charge in [-0.1, -0.05) is 54.6 Å². The second-order valence-electron chi connectivity index (χ2n) is 10.5. The summed E-state index contributed by atoms with van der Waals surface area (Å²) in [5, 5.41) is 21.1. The lowest BCUT2D eigenvalue weighted by molar-refractivity contribution is 0.483. The Morgan fingerprint density at radius 2 is 1.09 bits per heavy atom. The minimum atomic E-state index is -4.33. The van der Waals surface area contributed by atoms with E-state index in [1.54, 1.807) is 18.2 Å². The van der Waals surface area contributed by atoms with Gasteiger partial charge in [0, 0.05) is 10.8 Å². The van der Waals surface area contributed by atoms with Crippen LogP contribution >= 0.6 is 0 Å². The van der Waals surface area contributed by atoms with Crippen LogP contribution in [0.25, 0.3) is 32.7 Å². The van der Waals surface area contributed by atoms with E-state index in [-0.39, 0.29) is 4.90 Å². The standard InChI is InChI=1S/C34H28N6O3S/c1-20-17-23(9-15-31(20)37-39-33-27-6-4-3-5-22(27)7-13-29(33)35)24-10-16-32(21(2)18-24)38-40-34-28-12-11-26(44(41,42)43)19-25(28)8-14-30(34)36/h3-19H,35-36H2,1-2H3,(H,41,42,43). The number of benzene rings is 6. The summed E-state index contributed by atoms with van der Waals surface area (Å²) in [6.07, 6.45) is 0. The van der Waals surface area contributed by atoms with E-state index in [0.29, 0.717) is 39.2 Å². The minimum Gasteiger partial charge on any atom is -0.397 e. The molecule has 0 fully saturated rings. The summed E-state index contributed by atoms with van der Waals surface area (Å²) < 4.78 is 32.5. The third-order valence-electron chi connectivity index (χ3n) is 7.47. The molecule has 0 aliphatic heterocycles. The molecule has 0 saturated carbocycles. The predicted molar refractivity (Wildman–Crippen MR) is 176 cm³/mol. The van der Waals surface area contributed by atoms with Crippen molar-refractivity contribution in [2.45, 2.75) is 18.7 Å². The number of nitrogen functional groups attached to an aromatic ring is 2. The van der Waals surface area contributed by atoms with Crippen LogP contribution in [-0.2, 0) is 10.1 Å². The Morgan fingerprint density at radius 1 is 0.568 bits per heavy atom. The van der Waals surface area contributed by atoms with E-state index < -0.39 is 10.1 Å². The largest absolute Gasteiger partial charge is 0.397 e. The van der Waals surface area contributed by atoms with Crippen LogP contribution in [0.1, 0.15) is 11.1 Å².